The maximum atomic E-state index is 14.0. The molecule has 2 N–H and O–H groups in total. The van der Waals surface area contributed by atoms with Gasteiger partial charge in [0.2, 0.25) is 5.91 Å². The molecule has 1 aliphatic rings. The molecule has 0 aliphatic heterocycles. The number of para-hydroxylation sites is 2. The zero-order chi connectivity index (χ0) is 28.3. The van der Waals surface area contributed by atoms with Gasteiger partial charge in [-0.1, -0.05) is 105 Å². The molecule has 0 saturated heterocycles. The van der Waals surface area contributed by atoms with E-state index in [-0.39, 0.29) is 11.8 Å². The van der Waals surface area contributed by atoms with Gasteiger partial charge in [0, 0.05) is 12.3 Å². The minimum atomic E-state index is -0.872. The van der Waals surface area contributed by atoms with Crippen molar-refractivity contribution in [3.8, 4) is 0 Å². The number of hydrogen-bond acceptors (Lipinski definition) is 4. The van der Waals surface area contributed by atoms with Gasteiger partial charge in [0.05, 0.1) is 11.0 Å². The monoisotopic (exact) mass is 555 g/mol. The molecule has 1 aromatic heterocycles. The molecule has 7 heteroatoms. The van der Waals surface area contributed by atoms with Gasteiger partial charge in [-0.2, -0.15) is 0 Å². The summed E-state index contributed by atoms with van der Waals surface area (Å²) in [6.07, 6.45) is 2.79. The Morgan fingerprint density at radius 3 is 2.08 bits per heavy atom. The molecule has 3 aromatic carbocycles. The highest BCUT2D eigenvalue weighted by Gasteiger charge is 2.53. The van der Waals surface area contributed by atoms with Crippen LogP contribution in [0, 0.1) is 11.3 Å². The van der Waals surface area contributed by atoms with Gasteiger partial charge in [0.1, 0.15) is 11.5 Å². The summed E-state index contributed by atoms with van der Waals surface area (Å²) in [7, 11) is 0. The number of benzene rings is 3. The third kappa shape index (κ3) is 5.39. The standard InChI is InChI=1S/C33H37N3O3S/c1-32(2,3)28(29(37)38)36-27-18-11-10-17-26(27)35-31(36)40-22-12-21-34-30(39)33(25-19-20-25,23-13-6-4-7-14-23)24-15-8-5-9-16-24/h4-11,13-18,25,28H,12,19-22H2,1-3H3,(H,34,39)(H,37,38). The van der Waals surface area contributed by atoms with Crippen LogP contribution in [0.25, 0.3) is 11.0 Å². The number of rotatable bonds is 11. The van der Waals surface area contributed by atoms with Crippen LogP contribution in [0.5, 0.6) is 0 Å². The van der Waals surface area contributed by atoms with Crippen molar-refractivity contribution >= 4 is 34.7 Å². The molecule has 1 amide bonds. The first kappa shape index (κ1) is 28.0. The number of carbonyl (C=O) groups excluding carboxylic acids is 1. The summed E-state index contributed by atoms with van der Waals surface area (Å²) >= 11 is 1.54. The Hall–Kier alpha value is -3.58. The first-order chi connectivity index (χ1) is 19.2. The van der Waals surface area contributed by atoms with Gasteiger partial charge >= 0.3 is 5.97 Å². The normalized spacial score (nSPS) is 14.7. The van der Waals surface area contributed by atoms with E-state index in [0.29, 0.717) is 17.5 Å². The minimum absolute atomic E-state index is 0.0447. The molecule has 1 atom stereocenters. The van der Waals surface area contributed by atoms with E-state index in [2.05, 4.69) is 29.6 Å². The molecule has 6 nitrogen and oxygen atoms in total. The van der Waals surface area contributed by atoms with Crippen LogP contribution in [0.4, 0.5) is 0 Å². The van der Waals surface area contributed by atoms with Gasteiger partial charge in [0.25, 0.3) is 0 Å². The molecule has 1 unspecified atom stereocenters. The Morgan fingerprint density at radius 2 is 1.52 bits per heavy atom. The number of fused-ring (bicyclic) bond motifs is 1. The number of carboxylic acid groups (broad SMARTS) is 1. The number of nitrogens with one attached hydrogen (secondary N) is 1. The van der Waals surface area contributed by atoms with E-state index in [1.807, 2.05) is 86.0 Å². The van der Waals surface area contributed by atoms with Crippen molar-refractivity contribution in [2.24, 2.45) is 11.3 Å². The van der Waals surface area contributed by atoms with E-state index >= 15 is 0 Å². The van der Waals surface area contributed by atoms with E-state index in [9.17, 15) is 14.7 Å². The van der Waals surface area contributed by atoms with E-state index in [1.54, 1.807) is 11.8 Å². The number of amides is 1. The average Bonchev–Trinajstić information content (AvgIpc) is 3.72. The number of thioether (sulfide) groups is 1. The Balaban J connectivity index is 1.32. The highest BCUT2D eigenvalue weighted by atomic mass is 32.2. The summed E-state index contributed by atoms with van der Waals surface area (Å²) in [6.45, 7) is 6.35. The zero-order valence-electron chi connectivity index (χ0n) is 23.3. The quantitative estimate of drug-likeness (QED) is 0.159. The summed E-state index contributed by atoms with van der Waals surface area (Å²) in [4.78, 5) is 31.2. The van der Waals surface area contributed by atoms with Gasteiger partial charge in [-0.25, -0.2) is 9.78 Å². The molecule has 0 radical (unpaired) electrons. The summed E-state index contributed by atoms with van der Waals surface area (Å²) in [5.41, 5.74) is 2.47. The van der Waals surface area contributed by atoms with Crippen LogP contribution in [-0.2, 0) is 15.0 Å². The fourth-order valence-corrected chi connectivity index (χ4v) is 6.80. The molecule has 0 spiro atoms. The maximum Gasteiger partial charge on any atom is 0.327 e. The number of imidazole rings is 1. The molecule has 1 heterocycles. The average molecular weight is 556 g/mol. The van der Waals surface area contributed by atoms with Crippen LogP contribution in [0.2, 0.25) is 0 Å². The number of carboxylic acids is 1. The molecule has 1 fully saturated rings. The molecule has 208 valence electrons. The van der Waals surface area contributed by atoms with Gasteiger partial charge in [-0.15, -0.1) is 0 Å². The van der Waals surface area contributed by atoms with Crippen molar-refractivity contribution in [1.29, 1.82) is 0 Å². The van der Waals surface area contributed by atoms with Crippen LogP contribution in [-0.4, -0.2) is 38.8 Å². The van der Waals surface area contributed by atoms with E-state index in [0.717, 1.165) is 41.4 Å². The topological polar surface area (TPSA) is 84.2 Å². The number of carbonyl (C=O) groups is 2. The Morgan fingerprint density at radius 1 is 0.950 bits per heavy atom. The third-order valence-corrected chi connectivity index (χ3v) is 8.76. The van der Waals surface area contributed by atoms with Gasteiger partial charge in [-0.3, -0.25) is 4.79 Å². The van der Waals surface area contributed by atoms with Crippen LogP contribution >= 0.6 is 11.8 Å². The molecule has 1 saturated carbocycles. The molecule has 1 aliphatic carbocycles. The van der Waals surface area contributed by atoms with Crippen LogP contribution < -0.4 is 5.32 Å². The van der Waals surface area contributed by atoms with Crippen LogP contribution in [0.3, 0.4) is 0 Å². The van der Waals surface area contributed by atoms with Crippen LogP contribution in [0.1, 0.15) is 57.2 Å². The lowest BCUT2D eigenvalue weighted by Crippen LogP contribution is -2.47. The first-order valence-electron chi connectivity index (χ1n) is 14.0. The fraction of sp³-hybridized carbons (Fsp3) is 0.364. The van der Waals surface area contributed by atoms with E-state index in [4.69, 9.17) is 4.98 Å². The lowest BCUT2D eigenvalue weighted by Gasteiger charge is -2.34. The zero-order valence-corrected chi connectivity index (χ0v) is 24.2. The molecule has 5 rings (SSSR count). The minimum Gasteiger partial charge on any atom is -0.480 e. The molecule has 40 heavy (non-hydrogen) atoms. The van der Waals surface area contributed by atoms with Crippen molar-refractivity contribution in [1.82, 2.24) is 14.9 Å². The molecular formula is C33H37N3O3S. The largest absolute Gasteiger partial charge is 0.480 e. The second-order valence-corrected chi connectivity index (χ2v) is 12.7. The molecule has 4 aromatic rings. The van der Waals surface area contributed by atoms with Crippen molar-refractivity contribution in [3.63, 3.8) is 0 Å². The van der Waals surface area contributed by atoms with Crippen molar-refractivity contribution in [2.75, 3.05) is 12.3 Å². The lowest BCUT2D eigenvalue weighted by atomic mass is 9.69. The highest BCUT2D eigenvalue weighted by molar-refractivity contribution is 7.99. The van der Waals surface area contributed by atoms with Crippen molar-refractivity contribution in [3.05, 3.63) is 96.1 Å². The van der Waals surface area contributed by atoms with Crippen LogP contribution in [0.15, 0.2) is 90.1 Å². The third-order valence-electron chi connectivity index (χ3n) is 7.72. The first-order valence-corrected chi connectivity index (χ1v) is 14.9. The maximum absolute atomic E-state index is 14.0. The highest BCUT2D eigenvalue weighted by Crippen LogP contribution is 2.51. The SMILES string of the molecule is CC(C)(C)C(C(=O)O)n1c(SCCCNC(=O)C(c2ccccc2)(c2ccccc2)C2CC2)nc2ccccc21. The summed E-state index contributed by atoms with van der Waals surface area (Å²) in [5.74, 6) is 0.149. The summed E-state index contributed by atoms with van der Waals surface area (Å²) < 4.78 is 1.86. The second-order valence-electron chi connectivity index (χ2n) is 11.6. The van der Waals surface area contributed by atoms with E-state index in [1.165, 1.54) is 0 Å². The Bertz CT molecular complexity index is 1430. The lowest BCUT2D eigenvalue weighted by molar-refractivity contribution is -0.144. The fourth-order valence-electron chi connectivity index (χ4n) is 5.82. The molecular weight excluding hydrogens is 518 g/mol. The molecule has 0 bridgehead atoms. The van der Waals surface area contributed by atoms with Gasteiger partial charge in [-0.05, 0) is 53.9 Å². The Kier molecular flexibility index (Phi) is 8.04. The van der Waals surface area contributed by atoms with Gasteiger partial charge < -0.3 is 15.0 Å². The second kappa shape index (κ2) is 11.5. The number of aromatic nitrogens is 2. The van der Waals surface area contributed by atoms with Crippen molar-refractivity contribution in [2.45, 2.75) is 56.6 Å². The number of hydrogen-bond donors (Lipinski definition) is 2. The Labute approximate surface area is 240 Å². The summed E-state index contributed by atoms with van der Waals surface area (Å²) in [6, 6.07) is 27.2. The number of aliphatic carboxylic acids is 1. The number of nitrogens with zero attached hydrogens (tertiary/aromatic N) is 2. The smallest absolute Gasteiger partial charge is 0.327 e. The predicted octanol–water partition coefficient (Wildman–Crippen LogP) is 6.70. The van der Waals surface area contributed by atoms with Gasteiger partial charge in [0.15, 0.2) is 5.16 Å². The van der Waals surface area contributed by atoms with Crippen molar-refractivity contribution < 1.29 is 14.7 Å². The summed E-state index contributed by atoms with van der Waals surface area (Å²) in [5, 5.41) is 14.1. The predicted molar refractivity (Wildman–Crippen MR) is 161 cm³/mol. The van der Waals surface area contributed by atoms with E-state index < -0.39 is 22.8 Å².